The van der Waals surface area contributed by atoms with Crippen LogP contribution in [0.5, 0.6) is 0 Å². The highest BCUT2D eigenvalue weighted by Gasteiger charge is 1.78. The molecule has 0 aliphatic carbocycles. The third-order valence-electron chi connectivity index (χ3n) is 0.750. The standard InChI is InChI=1S/2C5H6O2.2CO2/c2*1-2-3-4-5(6)7;2*2-1-3/h2*2-4H,1H2,(H,6,7);;/b2*4-3+;;. The molecule has 0 unspecified atom stereocenters. The summed E-state index contributed by atoms with van der Waals surface area (Å²) in [6.07, 6.45) is 8.09. The maximum absolute atomic E-state index is 9.62. The molecule has 0 atom stereocenters. The van der Waals surface area contributed by atoms with Crippen LogP contribution in [-0.2, 0) is 28.8 Å². The Labute approximate surface area is 114 Å². The quantitative estimate of drug-likeness (QED) is 0.559. The van der Waals surface area contributed by atoms with Crippen molar-refractivity contribution in [3.63, 3.8) is 0 Å². The van der Waals surface area contributed by atoms with E-state index in [9.17, 15) is 9.59 Å². The van der Waals surface area contributed by atoms with Gasteiger partial charge in [0.2, 0.25) is 0 Å². The van der Waals surface area contributed by atoms with Gasteiger partial charge in [-0.15, -0.1) is 0 Å². The lowest BCUT2D eigenvalue weighted by molar-refractivity contribution is -0.193. The normalized spacial score (nSPS) is 7.20. The number of carbonyl (C=O) groups excluding carboxylic acids is 4. The van der Waals surface area contributed by atoms with Gasteiger partial charge in [0, 0.05) is 12.2 Å². The molecule has 0 aromatic rings. The minimum atomic E-state index is -0.945. The summed E-state index contributed by atoms with van der Waals surface area (Å²) in [5.74, 6) is -1.89. The van der Waals surface area contributed by atoms with E-state index >= 15 is 0 Å². The Morgan fingerprint density at radius 1 is 0.750 bits per heavy atom. The van der Waals surface area contributed by atoms with Gasteiger partial charge in [0.05, 0.1) is 0 Å². The van der Waals surface area contributed by atoms with E-state index in [1.54, 1.807) is 0 Å². The number of rotatable bonds is 4. The number of carbonyl (C=O) groups is 2. The minimum Gasteiger partial charge on any atom is -0.478 e. The van der Waals surface area contributed by atoms with Gasteiger partial charge >= 0.3 is 24.2 Å². The first-order valence-corrected chi connectivity index (χ1v) is 4.40. The summed E-state index contributed by atoms with van der Waals surface area (Å²) < 4.78 is 0. The van der Waals surface area contributed by atoms with Crippen LogP contribution in [0.15, 0.2) is 49.6 Å². The number of hydrogen-bond acceptors (Lipinski definition) is 6. The van der Waals surface area contributed by atoms with Gasteiger partial charge in [-0.1, -0.05) is 37.5 Å². The van der Waals surface area contributed by atoms with Crippen LogP contribution in [0.4, 0.5) is 0 Å². The first-order valence-electron chi connectivity index (χ1n) is 4.40. The summed E-state index contributed by atoms with van der Waals surface area (Å²) in [5, 5.41) is 15.8. The largest absolute Gasteiger partial charge is 0.478 e. The molecule has 0 heterocycles. The molecule has 0 bridgehead atoms. The van der Waals surface area contributed by atoms with E-state index in [1.165, 1.54) is 24.3 Å². The van der Waals surface area contributed by atoms with Gasteiger partial charge in [-0.2, -0.15) is 19.2 Å². The molecule has 2 N–H and O–H groups in total. The zero-order chi connectivity index (χ0) is 16.8. The summed E-state index contributed by atoms with van der Waals surface area (Å²) in [5.41, 5.74) is 0. The summed E-state index contributed by atoms with van der Waals surface area (Å²) in [6.45, 7) is 6.56. The number of aliphatic carboxylic acids is 2. The number of carboxylic acids is 2. The second kappa shape index (κ2) is 29.6. The van der Waals surface area contributed by atoms with E-state index in [0.717, 1.165) is 12.2 Å². The molecule has 0 fully saturated rings. The van der Waals surface area contributed by atoms with Crippen molar-refractivity contribution in [2.75, 3.05) is 0 Å². The van der Waals surface area contributed by atoms with E-state index in [2.05, 4.69) is 13.2 Å². The highest BCUT2D eigenvalue weighted by molar-refractivity contribution is 5.80. The molecule has 0 saturated carbocycles. The molecule has 0 aliphatic heterocycles. The second-order valence-corrected chi connectivity index (χ2v) is 2.03. The summed E-state index contributed by atoms with van der Waals surface area (Å²) in [7, 11) is 0. The summed E-state index contributed by atoms with van der Waals surface area (Å²) in [6, 6.07) is 0. The van der Waals surface area contributed by atoms with Crippen LogP contribution in [0.2, 0.25) is 0 Å². The minimum absolute atomic E-state index is 0.250. The lowest BCUT2D eigenvalue weighted by Crippen LogP contribution is -1.83. The first-order chi connectivity index (χ1) is 9.37. The van der Waals surface area contributed by atoms with Crippen molar-refractivity contribution >= 4 is 24.2 Å². The Hall–Kier alpha value is -3.34. The maximum atomic E-state index is 9.62. The van der Waals surface area contributed by atoms with Gasteiger partial charge in [-0.25, -0.2) is 9.59 Å². The van der Waals surface area contributed by atoms with Gasteiger partial charge in [0.1, 0.15) is 0 Å². The SMILES string of the molecule is C=C/C=C/C(=O)O.C=C/C=C/C(=O)O.O=C=O.O=C=O. The predicted molar refractivity (Wildman–Crippen MR) is 64.0 cm³/mol. The Morgan fingerprint density at radius 2 is 0.950 bits per heavy atom. The Bertz CT molecular complexity index is 365. The highest BCUT2D eigenvalue weighted by Crippen LogP contribution is 1.70. The third kappa shape index (κ3) is 126. The smallest absolute Gasteiger partial charge is 0.373 e. The molecule has 0 saturated heterocycles. The number of allylic oxidation sites excluding steroid dienone is 4. The van der Waals surface area contributed by atoms with Crippen molar-refractivity contribution in [1.82, 2.24) is 0 Å². The lowest BCUT2D eigenvalue weighted by atomic mass is 10.5. The number of carboxylic acid groups (broad SMARTS) is 2. The van der Waals surface area contributed by atoms with Crippen LogP contribution in [0, 0.1) is 0 Å². The fourth-order valence-corrected chi connectivity index (χ4v) is 0.301. The maximum Gasteiger partial charge on any atom is 0.373 e. The summed E-state index contributed by atoms with van der Waals surface area (Å²) >= 11 is 0. The van der Waals surface area contributed by atoms with Crippen LogP contribution in [0.1, 0.15) is 0 Å². The fraction of sp³-hybridized carbons (Fsp3) is 0. The Kier molecular flexibility index (Phi) is 37.7. The molecule has 0 rings (SSSR count). The van der Waals surface area contributed by atoms with E-state index in [1.807, 2.05) is 0 Å². The monoisotopic (exact) mass is 284 g/mol. The number of hydrogen-bond donors (Lipinski definition) is 2. The van der Waals surface area contributed by atoms with Crippen molar-refractivity contribution in [2.24, 2.45) is 0 Å². The zero-order valence-electron chi connectivity index (χ0n) is 10.2. The molecule has 20 heavy (non-hydrogen) atoms. The van der Waals surface area contributed by atoms with Crippen LogP contribution < -0.4 is 0 Å². The van der Waals surface area contributed by atoms with Crippen molar-refractivity contribution in [1.29, 1.82) is 0 Å². The van der Waals surface area contributed by atoms with Crippen LogP contribution in [-0.4, -0.2) is 34.5 Å². The van der Waals surface area contributed by atoms with Gasteiger partial charge in [-0.3, -0.25) is 0 Å². The van der Waals surface area contributed by atoms with E-state index in [-0.39, 0.29) is 12.3 Å². The van der Waals surface area contributed by atoms with Crippen LogP contribution >= 0.6 is 0 Å². The fourth-order valence-electron chi connectivity index (χ4n) is 0.301. The molecule has 108 valence electrons. The molecule has 0 radical (unpaired) electrons. The molecule has 0 aliphatic rings. The first kappa shape index (κ1) is 25.5. The van der Waals surface area contributed by atoms with Crippen molar-refractivity contribution in [2.45, 2.75) is 0 Å². The molecule has 0 aromatic carbocycles. The van der Waals surface area contributed by atoms with Gasteiger partial charge in [0.15, 0.2) is 0 Å². The van der Waals surface area contributed by atoms with Crippen molar-refractivity contribution in [3.05, 3.63) is 49.6 Å². The molecule has 0 spiro atoms. The van der Waals surface area contributed by atoms with Gasteiger partial charge in [-0.05, 0) is 0 Å². The van der Waals surface area contributed by atoms with Gasteiger partial charge < -0.3 is 10.2 Å². The van der Waals surface area contributed by atoms with E-state index in [4.69, 9.17) is 29.4 Å². The predicted octanol–water partition coefficient (Wildman–Crippen LogP) is 0.459. The molecule has 8 nitrogen and oxygen atoms in total. The molecule has 8 heteroatoms. The van der Waals surface area contributed by atoms with Gasteiger partial charge in [0.25, 0.3) is 0 Å². The zero-order valence-corrected chi connectivity index (χ0v) is 10.2. The second-order valence-electron chi connectivity index (χ2n) is 2.03. The lowest BCUT2D eigenvalue weighted by Gasteiger charge is -1.70. The average molecular weight is 284 g/mol. The topological polar surface area (TPSA) is 143 Å². The highest BCUT2D eigenvalue weighted by atomic mass is 16.4. The average Bonchev–Trinajstić information content (AvgIpc) is 2.36. The molecule has 0 aromatic heterocycles. The van der Waals surface area contributed by atoms with Crippen LogP contribution in [0.25, 0.3) is 0 Å². The van der Waals surface area contributed by atoms with Crippen LogP contribution in [0.3, 0.4) is 0 Å². The van der Waals surface area contributed by atoms with E-state index in [0.29, 0.717) is 0 Å². The van der Waals surface area contributed by atoms with E-state index < -0.39 is 11.9 Å². The third-order valence-corrected chi connectivity index (χ3v) is 0.750. The molecular weight excluding hydrogens is 272 g/mol. The Morgan fingerprint density at radius 3 is 1.00 bits per heavy atom. The molecule has 0 amide bonds. The van der Waals surface area contributed by atoms with Crippen molar-refractivity contribution in [3.8, 4) is 0 Å². The summed E-state index contributed by atoms with van der Waals surface area (Å²) in [4.78, 5) is 51.7. The Balaban J connectivity index is -0.0000000927. The van der Waals surface area contributed by atoms with Crippen molar-refractivity contribution < 1.29 is 39.0 Å². The molecular formula is C12H12O8.